The minimum absolute atomic E-state index is 0.827. The molecule has 0 fully saturated rings. The molecule has 4 heteroatoms. The first-order chi connectivity index (χ1) is 10.8. The predicted octanol–water partition coefficient (Wildman–Crippen LogP) is 3.22. The van der Waals surface area contributed by atoms with Crippen LogP contribution >= 0.6 is 0 Å². The molecule has 1 aliphatic rings. The maximum Gasteiger partial charge on any atom is 0.195 e. The van der Waals surface area contributed by atoms with Gasteiger partial charge in [-0.25, -0.2) is 0 Å². The number of benzene rings is 2. The first kappa shape index (κ1) is 13.0. The highest BCUT2D eigenvalue weighted by molar-refractivity contribution is 6.09. The zero-order valence-electron chi connectivity index (χ0n) is 12.5. The Balaban J connectivity index is 1.95. The van der Waals surface area contributed by atoms with Crippen molar-refractivity contribution in [3.63, 3.8) is 0 Å². The third kappa shape index (κ3) is 2.04. The van der Waals surface area contributed by atoms with Crippen molar-refractivity contribution >= 4 is 22.5 Å². The molecule has 22 heavy (non-hydrogen) atoms. The van der Waals surface area contributed by atoms with E-state index < -0.39 is 0 Å². The number of hydrogen-bond donors (Lipinski definition) is 2. The summed E-state index contributed by atoms with van der Waals surface area (Å²) in [6.45, 7) is 1.72. The topological polar surface area (TPSA) is 41.4 Å². The van der Waals surface area contributed by atoms with Crippen molar-refractivity contribution < 1.29 is 0 Å². The fourth-order valence-electron chi connectivity index (χ4n) is 3.05. The Morgan fingerprint density at radius 1 is 1.05 bits per heavy atom. The number of fused-ring (bicyclic) bond motifs is 1. The SMILES string of the molecule is Cn1c(-c2ccccc2)c(NC2=NCCN2)c2ccccc21. The first-order valence-electron chi connectivity index (χ1n) is 7.53. The summed E-state index contributed by atoms with van der Waals surface area (Å²) in [7, 11) is 2.11. The van der Waals surface area contributed by atoms with E-state index in [1.54, 1.807) is 0 Å². The van der Waals surface area contributed by atoms with Crippen LogP contribution in [0.2, 0.25) is 0 Å². The summed E-state index contributed by atoms with van der Waals surface area (Å²) < 4.78 is 2.24. The molecule has 2 aromatic carbocycles. The van der Waals surface area contributed by atoms with Crippen LogP contribution in [0, 0.1) is 0 Å². The Bertz CT molecular complexity index is 846. The molecule has 0 bridgehead atoms. The zero-order valence-corrected chi connectivity index (χ0v) is 12.5. The normalized spacial score (nSPS) is 14.0. The van der Waals surface area contributed by atoms with Crippen LogP contribution in [0.4, 0.5) is 5.69 Å². The van der Waals surface area contributed by atoms with Gasteiger partial charge >= 0.3 is 0 Å². The number of nitrogens with zero attached hydrogens (tertiary/aromatic N) is 2. The van der Waals surface area contributed by atoms with E-state index in [4.69, 9.17) is 0 Å². The Morgan fingerprint density at radius 3 is 2.59 bits per heavy atom. The van der Waals surface area contributed by atoms with Gasteiger partial charge in [-0.15, -0.1) is 0 Å². The lowest BCUT2D eigenvalue weighted by molar-refractivity contribution is 0.958. The number of guanidine groups is 1. The molecule has 0 unspecified atom stereocenters. The Labute approximate surface area is 129 Å². The summed E-state index contributed by atoms with van der Waals surface area (Å²) in [4.78, 5) is 4.47. The van der Waals surface area contributed by atoms with Gasteiger partial charge in [0.2, 0.25) is 0 Å². The quantitative estimate of drug-likeness (QED) is 0.761. The Morgan fingerprint density at radius 2 is 1.82 bits per heavy atom. The van der Waals surface area contributed by atoms with Gasteiger partial charge in [0.15, 0.2) is 5.96 Å². The molecule has 0 atom stereocenters. The molecule has 0 aliphatic carbocycles. The van der Waals surface area contributed by atoms with E-state index >= 15 is 0 Å². The van der Waals surface area contributed by atoms with Crippen LogP contribution in [0.5, 0.6) is 0 Å². The van der Waals surface area contributed by atoms with Crippen LogP contribution in [-0.2, 0) is 7.05 Å². The number of para-hydroxylation sites is 1. The molecule has 2 N–H and O–H groups in total. The fraction of sp³-hybridized carbons (Fsp3) is 0.167. The van der Waals surface area contributed by atoms with Gasteiger partial charge in [-0.1, -0.05) is 48.5 Å². The number of anilines is 1. The minimum atomic E-state index is 0.827. The number of nitrogens with one attached hydrogen (secondary N) is 2. The van der Waals surface area contributed by atoms with E-state index in [-0.39, 0.29) is 0 Å². The van der Waals surface area contributed by atoms with Gasteiger partial charge in [-0.05, 0) is 6.07 Å². The van der Waals surface area contributed by atoms with Crippen molar-refractivity contribution in [2.24, 2.45) is 12.0 Å². The molecule has 0 spiro atoms. The second kappa shape index (κ2) is 5.22. The van der Waals surface area contributed by atoms with Crippen molar-refractivity contribution in [2.75, 3.05) is 18.4 Å². The molecule has 4 nitrogen and oxygen atoms in total. The molecule has 3 aromatic rings. The van der Waals surface area contributed by atoms with Gasteiger partial charge in [0.25, 0.3) is 0 Å². The van der Waals surface area contributed by atoms with E-state index in [1.807, 2.05) is 6.07 Å². The molecule has 0 amide bonds. The molecule has 1 aromatic heterocycles. The molecule has 0 saturated heterocycles. The highest BCUT2D eigenvalue weighted by atomic mass is 15.2. The third-order valence-electron chi connectivity index (χ3n) is 4.07. The van der Waals surface area contributed by atoms with Crippen LogP contribution in [0.1, 0.15) is 0 Å². The van der Waals surface area contributed by atoms with Gasteiger partial charge in [0, 0.05) is 24.5 Å². The molecule has 1 aliphatic heterocycles. The predicted molar refractivity (Wildman–Crippen MR) is 92.3 cm³/mol. The molecular formula is C18H18N4. The molecule has 0 radical (unpaired) electrons. The summed E-state index contributed by atoms with van der Waals surface area (Å²) >= 11 is 0. The van der Waals surface area contributed by atoms with Crippen LogP contribution in [0.25, 0.3) is 22.2 Å². The van der Waals surface area contributed by atoms with Gasteiger partial charge in [0.05, 0.1) is 23.4 Å². The Kier molecular flexibility index (Phi) is 3.07. The molecular weight excluding hydrogens is 272 g/mol. The standard InChI is InChI=1S/C18H18N4/c1-22-15-10-6-5-9-14(15)16(21-18-19-11-12-20-18)17(22)13-7-3-2-4-8-13/h2-10H,11-12H2,1H3,(H2,19,20,21). The van der Waals surface area contributed by atoms with Crippen LogP contribution in [0.3, 0.4) is 0 Å². The van der Waals surface area contributed by atoms with Gasteiger partial charge < -0.3 is 15.2 Å². The van der Waals surface area contributed by atoms with Crippen LogP contribution < -0.4 is 10.6 Å². The lowest BCUT2D eigenvalue weighted by Gasteiger charge is -2.10. The van der Waals surface area contributed by atoms with Crippen molar-refractivity contribution in [3.8, 4) is 11.3 Å². The summed E-state index contributed by atoms with van der Waals surface area (Å²) in [5, 5.41) is 7.99. The average molecular weight is 290 g/mol. The summed E-state index contributed by atoms with van der Waals surface area (Å²) in [6.07, 6.45) is 0. The smallest absolute Gasteiger partial charge is 0.195 e. The van der Waals surface area contributed by atoms with Gasteiger partial charge in [-0.2, -0.15) is 0 Å². The highest BCUT2D eigenvalue weighted by Crippen LogP contribution is 2.37. The molecule has 4 rings (SSSR count). The maximum atomic E-state index is 4.47. The maximum absolute atomic E-state index is 4.47. The molecule has 2 heterocycles. The molecule has 0 saturated carbocycles. The van der Waals surface area contributed by atoms with Crippen molar-refractivity contribution in [3.05, 3.63) is 54.6 Å². The molecule has 110 valence electrons. The van der Waals surface area contributed by atoms with Crippen molar-refractivity contribution in [2.45, 2.75) is 0 Å². The van der Waals surface area contributed by atoms with E-state index in [1.165, 1.54) is 22.2 Å². The average Bonchev–Trinajstić information content (AvgIpc) is 3.17. The van der Waals surface area contributed by atoms with E-state index in [0.29, 0.717) is 0 Å². The van der Waals surface area contributed by atoms with Crippen molar-refractivity contribution in [1.29, 1.82) is 0 Å². The number of hydrogen-bond acceptors (Lipinski definition) is 3. The lowest BCUT2D eigenvalue weighted by Crippen LogP contribution is -2.26. The third-order valence-corrected chi connectivity index (χ3v) is 4.07. The minimum Gasteiger partial charge on any atom is -0.354 e. The second-order valence-corrected chi connectivity index (χ2v) is 5.45. The lowest BCUT2D eigenvalue weighted by atomic mass is 10.1. The summed E-state index contributed by atoms with van der Waals surface area (Å²) in [5.41, 5.74) is 4.69. The number of rotatable bonds is 2. The van der Waals surface area contributed by atoms with E-state index in [0.717, 1.165) is 24.7 Å². The fourth-order valence-corrected chi connectivity index (χ4v) is 3.05. The van der Waals surface area contributed by atoms with Gasteiger partial charge in [-0.3, -0.25) is 4.99 Å². The van der Waals surface area contributed by atoms with Crippen molar-refractivity contribution in [1.82, 2.24) is 9.88 Å². The largest absolute Gasteiger partial charge is 0.354 e. The number of aliphatic imine (C=N–C) groups is 1. The number of aromatic nitrogens is 1. The highest BCUT2D eigenvalue weighted by Gasteiger charge is 2.18. The summed E-state index contributed by atoms with van der Waals surface area (Å²) in [5.74, 6) is 0.855. The van der Waals surface area contributed by atoms with Gasteiger partial charge in [0.1, 0.15) is 0 Å². The zero-order chi connectivity index (χ0) is 14.9. The Hall–Kier alpha value is -2.75. The monoisotopic (exact) mass is 290 g/mol. The van der Waals surface area contributed by atoms with E-state index in [9.17, 15) is 0 Å². The first-order valence-corrected chi connectivity index (χ1v) is 7.53. The van der Waals surface area contributed by atoms with Crippen LogP contribution in [-0.4, -0.2) is 23.6 Å². The number of aryl methyl sites for hydroxylation is 1. The summed E-state index contributed by atoms with van der Waals surface area (Å²) in [6, 6.07) is 18.9. The second-order valence-electron chi connectivity index (χ2n) is 5.45. The van der Waals surface area contributed by atoms with E-state index in [2.05, 4.69) is 75.8 Å². The van der Waals surface area contributed by atoms with Crippen LogP contribution in [0.15, 0.2) is 59.6 Å².